The lowest BCUT2D eigenvalue weighted by atomic mass is 10.0. The molecule has 0 heterocycles. The van der Waals surface area contributed by atoms with Crippen LogP contribution in [0.15, 0.2) is 18.2 Å². The molecule has 1 aromatic rings. The third kappa shape index (κ3) is 3.61. The molecule has 0 aromatic heterocycles. The Bertz CT molecular complexity index is 353. The number of aliphatic hydroxyl groups is 1. The molecule has 1 rings (SSSR count). The largest absolute Gasteiger partial charge is 0.494 e. The third-order valence-corrected chi connectivity index (χ3v) is 2.41. The number of hydrogen-bond donors (Lipinski definition) is 2. The van der Waals surface area contributed by atoms with Crippen LogP contribution < -0.4 is 15.2 Å². The normalized spacial score (nSPS) is 14.2. The highest BCUT2D eigenvalue weighted by atomic mass is 16.5. The first-order valence-electron chi connectivity index (χ1n) is 5.93. The van der Waals surface area contributed by atoms with E-state index in [1.54, 1.807) is 19.1 Å². The molecule has 0 unspecified atom stereocenters. The molecule has 1 aromatic carbocycles. The summed E-state index contributed by atoms with van der Waals surface area (Å²) in [5, 5.41) is 10.0. The van der Waals surface area contributed by atoms with Crippen LogP contribution in [-0.4, -0.2) is 24.4 Å². The molecule has 2 atom stereocenters. The van der Waals surface area contributed by atoms with Gasteiger partial charge in [0.1, 0.15) is 11.5 Å². The minimum absolute atomic E-state index is 0.355. The second-order valence-electron chi connectivity index (χ2n) is 3.87. The van der Waals surface area contributed by atoms with E-state index in [9.17, 15) is 5.11 Å². The Labute approximate surface area is 102 Å². The maximum atomic E-state index is 10.0. The van der Waals surface area contributed by atoms with E-state index in [4.69, 9.17) is 15.2 Å². The Morgan fingerprint density at radius 2 is 1.88 bits per heavy atom. The molecule has 0 aliphatic carbocycles. The van der Waals surface area contributed by atoms with Crippen LogP contribution in [0.25, 0.3) is 0 Å². The highest BCUT2D eigenvalue weighted by Crippen LogP contribution is 2.30. The highest BCUT2D eigenvalue weighted by Gasteiger charge is 2.18. The first-order valence-corrected chi connectivity index (χ1v) is 5.93. The van der Waals surface area contributed by atoms with Gasteiger partial charge in [-0.3, -0.25) is 0 Å². The van der Waals surface area contributed by atoms with Crippen LogP contribution in [-0.2, 0) is 0 Å². The van der Waals surface area contributed by atoms with Gasteiger partial charge in [0.2, 0.25) is 0 Å². The molecule has 3 N–H and O–H groups in total. The molecule has 0 radical (unpaired) electrons. The van der Waals surface area contributed by atoms with Crippen molar-refractivity contribution in [3.8, 4) is 11.5 Å². The molecule has 0 saturated heterocycles. The van der Waals surface area contributed by atoms with Crippen molar-refractivity contribution in [3.63, 3.8) is 0 Å². The van der Waals surface area contributed by atoms with Gasteiger partial charge in [-0.1, -0.05) is 0 Å². The summed E-state index contributed by atoms with van der Waals surface area (Å²) in [6, 6.07) is 5.05. The third-order valence-electron chi connectivity index (χ3n) is 2.41. The molecule has 96 valence electrons. The highest BCUT2D eigenvalue weighted by molar-refractivity contribution is 5.42. The Balaban J connectivity index is 3.05. The maximum Gasteiger partial charge on any atom is 0.125 e. The quantitative estimate of drug-likeness (QED) is 0.795. The Hall–Kier alpha value is -1.26. The minimum atomic E-state index is -0.753. The van der Waals surface area contributed by atoms with E-state index in [-0.39, 0.29) is 6.04 Å². The summed E-state index contributed by atoms with van der Waals surface area (Å²) in [4.78, 5) is 0. The predicted octanol–water partition coefficient (Wildman–Crippen LogP) is 1.86. The van der Waals surface area contributed by atoms with Crippen LogP contribution in [0.4, 0.5) is 0 Å². The molecular weight excluding hydrogens is 218 g/mol. The smallest absolute Gasteiger partial charge is 0.125 e. The van der Waals surface area contributed by atoms with E-state index < -0.39 is 6.10 Å². The fraction of sp³-hybridized carbons (Fsp3) is 0.538. The number of benzene rings is 1. The summed E-state index contributed by atoms with van der Waals surface area (Å²) >= 11 is 0. The number of nitrogens with two attached hydrogens (primary N) is 1. The summed E-state index contributed by atoms with van der Waals surface area (Å²) in [7, 11) is 0. The number of aliphatic hydroxyl groups excluding tert-OH is 1. The topological polar surface area (TPSA) is 64.7 Å². The van der Waals surface area contributed by atoms with Crippen LogP contribution >= 0.6 is 0 Å². The van der Waals surface area contributed by atoms with E-state index in [1.807, 2.05) is 19.9 Å². The first kappa shape index (κ1) is 13.8. The number of rotatable bonds is 6. The van der Waals surface area contributed by atoms with Gasteiger partial charge in [0.05, 0.1) is 19.3 Å². The molecule has 0 aliphatic rings. The summed E-state index contributed by atoms with van der Waals surface area (Å²) in [5.41, 5.74) is 6.38. The average molecular weight is 239 g/mol. The van der Waals surface area contributed by atoms with E-state index in [0.717, 1.165) is 0 Å². The fourth-order valence-corrected chi connectivity index (χ4v) is 1.58. The van der Waals surface area contributed by atoms with Crippen molar-refractivity contribution in [1.29, 1.82) is 0 Å². The summed E-state index contributed by atoms with van der Waals surface area (Å²) in [6.07, 6.45) is -0.753. The zero-order valence-corrected chi connectivity index (χ0v) is 10.6. The van der Waals surface area contributed by atoms with Crippen LogP contribution in [0.1, 0.15) is 32.4 Å². The molecule has 0 fully saturated rings. The van der Waals surface area contributed by atoms with Crippen molar-refractivity contribution < 1.29 is 14.6 Å². The maximum absolute atomic E-state index is 10.0. The van der Waals surface area contributed by atoms with Gasteiger partial charge in [-0.25, -0.2) is 0 Å². The van der Waals surface area contributed by atoms with Crippen molar-refractivity contribution in [2.45, 2.75) is 32.9 Å². The second kappa shape index (κ2) is 6.47. The van der Waals surface area contributed by atoms with Gasteiger partial charge in [0.15, 0.2) is 0 Å². The standard InChI is InChI=1S/C13H21NO3/c1-4-16-10-6-7-12(17-5-2)11(8-10)13(15)9(3)14/h6-9,13,15H,4-5,14H2,1-3H3/t9-,13-/m1/s1. The van der Waals surface area contributed by atoms with Crippen LogP contribution in [0, 0.1) is 0 Å². The Kier molecular flexibility index (Phi) is 5.25. The fourth-order valence-electron chi connectivity index (χ4n) is 1.58. The summed E-state index contributed by atoms with van der Waals surface area (Å²) in [6.45, 7) is 6.71. The first-order chi connectivity index (χ1) is 8.10. The predicted molar refractivity (Wildman–Crippen MR) is 67.4 cm³/mol. The van der Waals surface area contributed by atoms with Crippen LogP contribution in [0.5, 0.6) is 11.5 Å². The SMILES string of the molecule is CCOc1ccc(OCC)c([C@H](O)[C@@H](C)N)c1. The zero-order chi connectivity index (χ0) is 12.8. The molecule has 4 heteroatoms. The molecule has 0 amide bonds. The van der Waals surface area contributed by atoms with E-state index in [2.05, 4.69) is 0 Å². The van der Waals surface area contributed by atoms with Gasteiger partial charge in [-0.2, -0.15) is 0 Å². The zero-order valence-electron chi connectivity index (χ0n) is 10.6. The lowest BCUT2D eigenvalue weighted by Crippen LogP contribution is -2.25. The lowest BCUT2D eigenvalue weighted by Gasteiger charge is -2.19. The van der Waals surface area contributed by atoms with E-state index >= 15 is 0 Å². The minimum Gasteiger partial charge on any atom is -0.494 e. The molecule has 4 nitrogen and oxygen atoms in total. The average Bonchev–Trinajstić information content (AvgIpc) is 2.30. The molecule has 0 aliphatic heterocycles. The Morgan fingerprint density at radius 3 is 2.41 bits per heavy atom. The summed E-state index contributed by atoms with van der Waals surface area (Å²) < 4.78 is 10.9. The van der Waals surface area contributed by atoms with Gasteiger partial charge < -0.3 is 20.3 Å². The Morgan fingerprint density at radius 1 is 1.24 bits per heavy atom. The van der Waals surface area contributed by atoms with E-state index in [1.165, 1.54) is 0 Å². The molecule has 0 saturated carbocycles. The van der Waals surface area contributed by atoms with Crippen molar-refractivity contribution >= 4 is 0 Å². The molecule has 0 spiro atoms. The number of ether oxygens (including phenoxy) is 2. The van der Waals surface area contributed by atoms with Crippen molar-refractivity contribution in [3.05, 3.63) is 23.8 Å². The second-order valence-corrected chi connectivity index (χ2v) is 3.87. The van der Waals surface area contributed by atoms with Crippen molar-refractivity contribution in [2.24, 2.45) is 5.73 Å². The number of hydrogen-bond acceptors (Lipinski definition) is 4. The van der Waals surface area contributed by atoms with Gasteiger partial charge in [0, 0.05) is 11.6 Å². The molecular formula is C13H21NO3. The van der Waals surface area contributed by atoms with Crippen LogP contribution in [0.2, 0.25) is 0 Å². The lowest BCUT2D eigenvalue weighted by molar-refractivity contribution is 0.147. The van der Waals surface area contributed by atoms with Gasteiger partial charge >= 0.3 is 0 Å². The van der Waals surface area contributed by atoms with E-state index in [0.29, 0.717) is 30.3 Å². The van der Waals surface area contributed by atoms with Crippen LogP contribution in [0.3, 0.4) is 0 Å². The van der Waals surface area contributed by atoms with Gasteiger partial charge in [-0.15, -0.1) is 0 Å². The molecule has 0 bridgehead atoms. The van der Waals surface area contributed by atoms with Crippen molar-refractivity contribution in [2.75, 3.05) is 13.2 Å². The van der Waals surface area contributed by atoms with Gasteiger partial charge in [0.25, 0.3) is 0 Å². The molecule has 17 heavy (non-hydrogen) atoms. The summed E-state index contributed by atoms with van der Waals surface area (Å²) in [5.74, 6) is 1.37. The van der Waals surface area contributed by atoms with Gasteiger partial charge in [-0.05, 0) is 39.0 Å². The monoisotopic (exact) mass is 239 g/mol. The van der Waals surface area contributed by atoms with Crippen molar-refractivity contribution in [1.82, 2.24) is 0 Å².